The summed E-state index contributed by atoms with van der Waals surface area (Å²) in [6, 6.07) is 15.6. The second kappa shape index (κ2) is 7.98. The van der Waals surface area contributed by atoms with Crippen LogP contribution in [-0.2, 0) is 0 Å². The van der Waals surface area contributed by atoms with Gasteiger partial charge in [-0.1, -0.05) is 56.1 Å². The van der Waals surface area contributed by atoms with Gasteiger partial charge in [-0.3, -0.25) is 0 Å². The molecule has 1 N–H and O–H groups in total. The van der Waals surface area contributed by atoms with E-state index in [1.165, 1.54) is 11.0 Å². The maximum Gasteiger partial charge on any atom is 0.265 e. The van der Waals surface area contributed by atoms with E-state index >= 15 is 0 Å². The van der Waals surface area contributed by atoms with Gasteiger partial charge in [0.05, 0.1) is 12.4 Å². The minimum absolute atomic E-state index is 0.428. The molecule has 1 aromatic heterocycles. The summed E-state index contributed by atoms with van der Waals surface area (Å²) in [7, 11) is 0. The number of rotatable bonds is 5. The van der Waals surface area contributed by atoms with Crippen LogP contribution in [0.15, 0.2) is 74.0 Å². The molecule has 0 saturated carbocycles. The van der Waals surface area contributed by atoms with E-state index in [2.05, 4.69) is 57.7 Å². The maximum absolute atomic E-state index is 4.31. The van der Waals surface area contributed by atoms with E-state index in [9.17, 15) is 0 Å². The standard InChI is InChI=1S/C16H12Br2N6/c17-14-5-1-12(2-6-14)9-19-22-16-23-20-11-24(16)21-10-13-3-7-15(18)8-4-13/h1-11H,(H,22,23)/b19-9?,21-10+. The molecule has 2 aromatic carbocycles. The lowest BCUT2D eigenvalue weighted by molar-refractivity contribution is 0.879. The van der Waals surface area contributed by atoms with Gasteiger partial charge in [0.15, 0.2) is 0 Å². The monoisotopic (exact) mass is 446 g/mol. The molecule has 120 valence electrons. The molecule has 6 nitrogen and oxygen atoms in total. The first-order chi connectivity index (χ1) is 11.7. The van der Waals surface area contributed by atoms with Gasteiger partial charge in [0.25, 0.3) is 5.95 Å². The number of benzene rings is 2. The topological polar surface area (TPSA) is 67.5 Å². The van der Waals surface area contributed by atoms with Gasteiger partial charge in [0, 0.05) is 8.95 Å². The minimum Gasteiger partial charge on any atom is -0.244 e. The predicted molar refractivity (Wildman–Crippen MR) is 103 cm³/mol. The molecule has 0 aliphatic rings. The van der Waals surface area contributed by atoms with Crippen molar-refractivity contribution in [3.05, 3.63) is 74.9 Å². The molecule has 0 bridgehead atoms. The lowest BCUT2D eigenvalue weighted by Gasteiger charge is -1.99. The fourth-order valence-corrected chi connectivity index (χ4v) is 2.31. The van der Waals surface area contributed by atoms with Gasteiger partial charge in [-0.2, -0.15) is 14.9 Å². The number of hydrogen-bond donors (Lipinski definition) is 1. The Bertz CT molecular complexity index is 853. The van der Waals surface area contributed by atoms with Crippen LogP contribution in [0.4, 0.5) is 5.95 Å². The highest BCUT2D eigenvalue weighted by molar-refractivity contribution is 9.10. The fourth-order valence-electron chi connectivity index (χ4n) is 1.78. The second-order valence-electron chi connectivity index (χ2n) is 4.72. The molecule has 0 aliphatic carbocycles. The third-order valence-corrected chi connectivity index (χ3v) is 4.04. The highest BCUT2D eigenvalue weighted by atomic mass is 79.9. The van der Waals surface area contributed by atoms with Crippen LogP contribution in [0.5, 0.6) is 0 Å². The maximum atomic E-state index is 4.31. The Morgan fingerprint density at radius 2 is 1.46 bits per heavy atom. The average Bonchev–Trinajstić information content (AvgIpc) is 3.04. The van der Waals surface area contributed by atoms with Gasteiger partial charge in [-0.25, -0.2) is 5.43 Å². The smallest absolute Gasteiger partial charge is 0.244 e. The molecular weight excluding hydrogens is 436 g/mol. The van der Waals surface area contributed by atoms with Crippen molar-refractivity contribution in [3.8, 4) is 0 Å². The first kappa shape index (κ1) is 16.5. The normalized spacial score (nSPS) is 11.4. The number of anilines is 1. The summed E-state index contributed by atoms with van der Waals surface area (Å²) < 4.78 is 3.56. The number of halogens is 2. The lowest BCUT2D eigenvalue weighted by atomic mass is 10.2. The van der Waals surface area contributed by atoms with Crippen molar-refractivity contribution >= 4 is 50.2 Å². The molecule has 24 heavy (non-hydrogen) atoms. The van der Waals surface area contributed by atoms with E-state index in [1.54, 1.807) is 12.4 Å². The van der Waals surface area contributed by atoms with Gasteiger partial charge in [0.1, 0.15) is 6.33 Å². The van der Waals surface area contributed by atoms with Crippen LogP contribution in [0, 0.1) is 0 Å². The van der Waals surface area contributed by atoms with Crippen LogP contribution in [0.2, 0.25) is 0 Å². The Labute approximate surface area is 155 Å². The summed E-state index contributed by atoms with van der Waals surface area (Å²) in [6.45, 7) is 0. The molecule has 8 heteroatoms. The minimum atomic E-state index is 0.428. The van der Waals surface area contributed by atoms with Crippen molar-refractivity contribution in [3.63, 3.8) is 0 Å². The van der Waals surface area contributed by atoms with Crippen LogP contribution in [0.25, 0.3) is 0 Å². The van der Waals surface area contributed by atoms with Crippen molar-refractivity contribution < 1.29 is 0 Å². The van der Waals surface area contributed by atoms with Crippen molar-refractivity contribution in [2.45, 2.75) is 0 Å². The second-order valence-corrected chi connectivity index (χ2v) is 6.55. The molecule has 0 unspecified atom stereocenters. The largest absolute Gasteiger partial charge is 0.265 e. The zero-order valence-electron chi connectivity index (χ0n) is 12.3. The van der Waals surface area contributed by atoms with E-state index in [1.807, 2.05) is 48.5 Å². The Morgan fingerprint density at radius 3 is 2.08 bits per heavy atom. The Balaban J connectivity index is 1.66. The van der Waals surface area contributed by atoms with Crippen molar-refractivity contribution in [2.75, 3.05) is 5.43 Å². The molecule has 0 radical (unpaired) electrons. The molecule has 1 heterocycles. The molecule has 0 amide bonds. The predicted octanol–water partition coefficient (Wildman–Crippen LogP) is 4.13. The van der Waals surface area contributed by atoms with Gasteiger partial charge in [-0.05, 0) is 35.4 Å². The molecule has 0 aliphatic heterocycles. The summed E-state index contributed by atoms with van der Waals surface area (Å²) >= 11 is 6.80. The van der Waals surface area contributed by atoms with Crippen molar-refractivity contribution in [2.24, 2.45) is 10.2 Å². The molecule has 3 aromatic rings. The third kappa shape index (κ3) is 4.59. The molecule has 0 atom stereocenters. The van der Waals surface area contributed by atoms with Crippen LogP contribution >= 0.6 is 31.9 Å². The summed E-state index contributed by atoms with van der Waals surface area (Å²) in [6.07, 6.45) is 4.93. The van der Waals surface area contributed by atoms with E-state index in [0.29, 0.717) is 5.95 Å². The first-order valence-corrected chi connectivity index (χ1v) is 8.54. The number of hydrogen-bond acceptors (Lipinski definition) is 5. The fraction of sp³-hybridized carbons (Fsp3) is 0. The summed E-state index contributed by atoms with van der Waals surface area (Å²) in [4.78, 5) is 0. The summed E-state index contributed by atoms with van der Waals surface area (Å²) in [5, 5.41) is 16.2. The Morgan fingerprint density at radius 1 is 0.875 bits per heavy atom. The zero-order chi connectivity index (χ0) is 16.8. The molecule has 0 spiro atoms. The van der Waals surface area contributed by atoms with E-state index in [0.717, 1.165) is 20.1 Å². The van der Waals surface area contributed by atoms with Gasteiger partial charge >= 0.3 is 0 Å². The summed E-state index contributed by atoms with van der Waals surface area (Å²) in [5.41, 5.74) is 4.76. The van der Waals surface area contributed by atoms with Gasteiger partial charge in [-0.15, -0.1) is 10.2 Å². The number of nitrogens with one attached hydrogen (secondary N) is 1. The number of nitrogens with zero attached hydrogens (tertiary/aromatic N) is 5. The zero-order valence-corrected chi connectivity index (χ0v) is 15.5. The van der Waals surface area contributed by atoms with Gasteiger partial charge in [0.2, 0.25) is 0 Å². The number of aromatic nitrogens is 3. The lowest BCUT2D eigenvalue weighted by Crippen LogP contribution is -1.99. The highest BCUT2D eigenvalue weighted by Gasteiger charge is 2.00. The quantitative estimate of drug-likeness (QED) is 0.472. The SMILES string of the molecule is Brc1ccc(C=NNc2nncn2/N=C/c2ccc(Br)cc2)cc1. The average molecular weight is 448 g/mol. The van der Waals surface area contributed by atoms with Crippen molar-refractivity contribution in [1.29, 1.82) is 0 Å². The van der Waals surface area contributed by atoms with Crippen LogP contribution in [0.1, 0.15) is 11.1 Å². The first-order valence-electron chi connectivity index (χ1n) is 6.95. The third-order valence-electron chi connectivity index (χ3n) is 2.98. The summed E-state index contributed by atoms with van der Waals surface area (Å²) in [5.74, 6) is 0.428. The molecule has 0 fully saturated rings. The Kier molecular flexibility index (Phi) is 5.50. The molecule has 3 rings (SSSR count). The van der Waals surface area contributed by atoms with Crippen LogP contribution < -0.4 is 5.43 Å². The van der Waals surface area contributed by atoms with E-state index in [4.69, 9.17) is 0 Å². The Hall–Kier alpha value is -2.32. The van der Waals surface area contributed by atoms with Crippen LogP contribution in [-0.4, -0.2) is 27.3 Å². The molecular formula is C16H12Br2N6. The van der Waals surface area contributed by atoms with Crippen molar-refractivity contribution in [1.82, 2.24) is 14.9 Å². The van der Waals surface area contributed by atoms with Gasteiger partial charge < -0.3 is 0 Å². The van der Waals surface area contributed by atoms with E-state index < -0.39 is 0 Å². The molecule has 0 saturated heterocycles. The van der Waals surface area contributed by atoms with E-state index in [-0.39, 0.29) is 0 Å². The number of hydrazone groups is 1. The van der Waals surface area contributed by atoms with Crippen LogP contribution in [0.3, 0.4) is 0 Å². The highest BCUT2D eigenvalue weighted by Crippen LogP contribution is 2.10.